The summed E-state index contributed by atoms with van der Waals surface area (Å²) in [5.74, 6) is -0.847. The SMILES string of the molecule is CCc1ccc(OCC(=O)NNC(=O)[C@H](C)NC(=O)c2cccc(C)c2)cc1. The summed E-state index contributed by atoms with van der Waals surface area (Å²) in [6.45, 7) is 5.22. The van der Waals surface area contributed by atoms with Gasteiger partial charge in [0, 0.05) is 5.56 Å². The second kappa shape index (κ2) is 10.1. The van der Waals surface area contributed by atoms with Crippen LogP contribution in [-0.2, 0) is 16.0 Å². The van der Waals surface area contributed by atoms with Crippen molar-refractivity contribution in [2.45, 2.75) is 33.2 Å². The molecule has 28 heavy (non-hydrogen) atoms. The van der Waals surface area contributed by atoms with Gasteiger partial charge in [-0.05, 0) is 50.1 Å². The molecule has 0 saturated carbocycles. The second-order valence-corrected chi connectivity index (χ2v) is 6.39. The molecule has 2 rings (SSSR count). The maximum Gasteiger partial charge on any atom is 0.276 e. The number of hydrazine groups is 1. The molecule has 2 aromatic carbocycles. The molecule has 0 unspecified atom stereocenters. The van der Waals surface area contributed by atoms with E-state index in [1.165, 1.54) is 12.5 Å². The lowest BCUT2D eigenvalue weighted by Crippen LogP contribution is -2.51. The van der Waals surface area contributed by atoms with Gasteiger partial charge in [-0.2, -0.15) is 0 Å². The average Bonchev–Trinajstić information content (AvgIpc) is 2.70. The van der Waals surface area contributed by atoms with E-state index < -0.39 is 17.9 Å². The molecular weight excluding hydrogens is 358 g/mol. The zero-order chi connectivity index (χ0) is 20.5. The molecular formula is C21H25N3O4. The topological polar surface area (TPSA) is 96.5 Å². The molecule has 3 amide bonds. The smallest absolute Gasteiger partial charge is 0.276 e. The van der Waals surface area contributed by atoms with Crippen molar-refractivity contribution in [3.63, 3.8) is 0 Å². The van der Waals surface area contributed by atoms with Gasteiger partial charge in [-0.1, -0.05) is 36.8 Å². The molecule has 0 aliphatic heterocycles. The normalized spacial score (nSPS) is 11.2. The summed E-state index contributed by atoms with van der Waals surface area (Å²) in [4.78, 5) is 36.0. The van der Waals surface area contributed by atoms with E-state index in [9.17, 15) is 14.4 Å². The Labute approximate surface area is 164 Å². The van der Waals surface area contributed by atoms with E-state index in [-0.39, 0.29) is 12.5 Å². The molecule has 0 fully saturated rings. The van der Waals surface area contributed by atoms with E-state index in [2.05, 4.69) is 23.1 Å². The third-order valence-corrected chi connectivity index (χ3v) is 4.05. The molecule has 148 valence electrons. The van der Waals surface area contributed by atoms with Gasteiger partial charge in [-0.3, -0.25) is 25.2 Å². The lowest BCUT2D eigenvalue weighted by Gasteiger charge is -2.15. The predicted molar refractivity (Wildman–Crippen MR) is 106 cm³/mol. The molecule has 0 bridgehead atoms. The van der Waals surface area contributed by atoms with Crippen molar-refractivity contribution in [1.82, 2.24) is 16.2 Å². The molecule has 0 aliphatic carbocycles. The number of hydrogen-bond donors (Lipinski definition) is 3. The van der Waals surface area contributed by atoms with Gasteiger partial charge in [0.1, 0.15) is 11.8 Å². The van der Waals surface area contributed by atoms with Crippen molar-refractivity contribution < 1.29 is 19.1 Å². The van der Waals surface area contributed by atoms with Crippen LogP contribution in [-0.4, -0.2) is 30.4 Å². The number of aryl methyl sites for hydroxylation is 2. The van der Waals surface area contributed by atoms with Crippen LogP contribution in [0, 0.1) is 6.92 Å². The average molecular weight is 383 g/mol. The van der Waals surface area contributed by atoms with E-state index in [1.807, 2.05) is 25.1 Å². The number of amides is 3. The van der Waals surface area contributed by atoms with Crippen molar-refractivity contribution in [2.75, 3.05) is 6.61 Å². The molecule has 7 nitrogen and oxygen atoms in total. The number of benzene rings is 2. The minimum absolute atomic E-state index is 0.240. The van der Waals surface area contributed by atoms with Crippen molar-refractivity contribution in [3.05, 3.63) is 65.2 Å². The summed E-state index contributed by atoms with van der Waals surface area (Å²) in [6, 6.07) is 13.6. The lowest BCUT2D eigenvalue weighted by molar-refractivity contribution is -0.130. The Morgan fingerprint density at radius 1 is 1.04 bits per heavy atom. The highest BCUT2D eigenvalue weighted by Gasteiger charge is 2.17. The molecule has 0 spiro atoms. The van der Waals surface area contributed by atoms with Gasteiger partial charge in [0.2, 0.25) is 0 Å². The molecule has 0 radical (unpaired) electrons. The highest BCUT2D eigenvalue weighted by atomic mass is 16.5. The Morgan fingerprint density at radius 3 is 2.39 bits per heavy atom. The molecule has 0 heterocycles. The summed E-state index contributed by atoms with van der Waals surface area (Å²) < 4.78 is 5.36. The standard InChI is InChI=1S/C21H25N3O4/c1-4-16-8-10-18(11-9-16)28-13-19(25)23-24-20(26)15(3)22-21(27)17-7-5-6-14(2)12-17/h5-12,15H,4,13H2,1-3H3,(H,22,27)(H,23,25)(H,24,26)/t15-/m0/s1. The van der Waals surface area contributed by atoms with Gasteiger partial charge < -0.3 is 10.1 Å². The van der Waals surface area contributed by atoms with Crippen LogP contribution < -0.4 is 20.9 Å². The van der Waals surface area contributed by atoms with Crippen molar-refractivity contribution in [2.24, 2.45) is 0 Å². The van der Waals surface area contributed by atoms with Crippen molar-refractivity contribution >= 4 is 17.7 Å². The summed E-state index contributed by atoms with van der Waals surface area (Å²) >= 11 is 0. The first kappa shape index (κ1) is 21.0. The third kappa shape index (κ3) is 6.42. The van der Waals surface area contributed by atoms with Crippen LogP contribution in [0.4, 0.5) is 0 Å². The second-order valence-electron chi connectivity index (χ2n) is 6.39. The van der Waals surface area contributed by atoms with E-state index in [0.29, 0.717) is 11.3 Å². The van der Waals surface area contributed by atoms with Gasteiger partial charge in [0.15, 0.2) is 6.61 Å². The van der Waals surface area contributed by atoms with Crippen LogP contribution in [0.1, 0.15) is 35.3 Å². The fourth-order valence-corrected chi connectivity index (χ4v) is 2.38. The van der Waals surface area contributed by atoms with Crippen molar-refractivity contribution in [1.29, 1.82) is 0 Å². The number of rotatable bonds is 7. The Kier molecular flexibility index (Phi) is 7.56. The molecule has 7 heteroatoms. The molecule has 0 saturated heterocycles. The number of nitrogens with one attached hydrogen (secondary N) is 3. The molecule has 0 aliphatic rings. The number of carbonyl (C=O) groups is 3. The lowest BCUT2D eigenvalue weighted by atomic mass is 10.1. The zero-order valence-electron chi connectivity index (χ0n) is 16.2. The molecule has 1 atom stereocenters. The van der Waals surface area contributed by atoms with Gasteiger partial charge in [0.05, 0.1) is 0 Å². The summed E-state index contributed by atoms with van der Waals surface area (Å²) in [5.41, 5.74) is 7.12. The van der Waals surface area contributed by atoms with Crippen molar-refractivity contribution in [3.8, 4) is 5.75 Å². The number of carbonyl (C=O) groups excluding carboxylic acids is 3. The van der Waals surface area contributed by atoms with Gasteiger partial charge in [-0.25, -0.2) is 0 Å². The monoisotopic (exact) mass is 383 g/mol. The minimum atomic E-state index is -0.823. The van der Waals surface area contributed by atoms with Crippen LogP contribution >= 0.6 is 0 Å². The summed E-state index contributed by atoms with van der Waals surface area (Å²) in [7, 11) is 0. The third-order valence-electron chi connectivity index (χ3n) is 4.05. The van der Waals surface area contributed by atoms with Gasteiger partial charge >= 0.3 is 0 Å². The highest BCUT2D eigenvalue weighted by Crippen LogP contribution is 2.12. The Hall–Kier alpha value is -3.35. The van der Waals surface area contributed by atoms with Crippen LogP contribution in [0.3, 0.4) is 0 Å². The van der Waals surface area contributed by atoms with Crippen LogP contribution in [0.5, 0.6) is 5.75 Å². The van der Waals surface area contributed by atoms with E-state index in [0.717, 1.165) is 12.0 Å². The Balaban J connectivity index is 1.74. The van der Waals surface area contributed by atoms with Crippen LogP contribution in [0.15, 0.2) is 48.5 Å². The van der Waals surface area contributed by atoms with Crippen LogP contribution in [0.2, 0.25) is 0 Å². The molecule has 2 aromatic rings. The number of ether oxygens (including phenoxy) is 1. The van der Waals surface area contributed by atoms with E-state index in [1.54, 1.807) is 30.3 Å². The first-order valence-corrected chi connectivity index (χ1v) is 9.07. The Bertz CT molecular complexity index is 834. The zero-order valence-corrected chi connectivity index (χ0v) is 16.2. The predicted octanol–water partition coefficient (Wildman–Crippen LogP) is 1.90. The number of hydrogen-bond acceptors (Lipinski definition) is 4. The fraction of sp³-hybridized carbons (Fsp3) is 0.286. The molecule has 3 N–H and O–H groups in total. The fourth-order valence-electron chi connectivity index (χ4n) is 2.38. The maximum atomic E-state index is 12.2. The van der Waals surface area contributed by atoms with Gasteiger partial charge in [-0.15, -0.1) is 0 Å². The first-order chi connectivity index (χ1) is 13.4. The van der Waals surface area contributed by atoms with E-state index in [4.69, 9.17) is 4.74 Å². The summed E-state index contributed by atoms with van der Waals surface area (Å²) in [5, 5.41) is 2.58. The van der Waals surface area contributed by atoms with Crippen LogP contribution in [0.25, 0.3) is 0 Å². The highest BCUT2D eigenvalue weighted by molar-refractivity contribution is 5.97. The van der Waals surface area contributed by atoms with Gasteiger partial charge in [0.25, 0.3) is 17.7 Å². The molecule has 0 aromatic heterocycles. The largest absolute Gasteiger partial charge is 0.484 e. The maximum absolute atomic E-state index is 12.2. The first-order valence-electron chi connectivity index (χ1n) is 9.07. The minimum Gasteiger partial charge on any atom is -0.484 e. The summed E-state index contributed by atoms with van der Waals surface area (Å²) in [6.07, 6.45) is 0.922. The Morgan fingerprint density at radius 2 is 1.75 bits per heavy atom. The quantitative estimate of drug-likeness (QED) is 0.636. The van der Waals surface area contributed by atoms with E-state index >= 15 is 0 Å².